The maximum Gasteiger partial charge on any atom is 0.408 e. The third kappa shape index (κ3) is 10.6. The summed E-state index contributed by atoms with van der Waals surface area (Å²) in [5.41, 5.74) is 5.70. The summed E-state index contributed by atoms with van der Waals surface area (Å²) in [6.07, 6.45) is 0.121. The van der Waals surface area contributed by atoms with Crippen LogP contribution in [0.25, 0.3) is 6.08 Å². The third-order valence-corrected chi connectivity index (χ3v) is 5.13. The molecule has 11 heteroatoms. The monoisotopic (exact) mass is 532 g/mol. The molecule has 1 aromatic rings. The number of hydrogen-bond donors (Lipinski definition) is 3. The highest BCUT2D eigenvalue weighted by molar-refractivity contribution is 5.94. The Labute approximate surface area is 224 Å². The van der Waals surface area contributed by atoms with E-state index in [1.165, 1.54) is 4.90 Å². The van der Waals surface area contributed by atoms with E-state index in [4.69, 9.17) is 15.2 Å². The first-order chi connectivity index (χ1) is 17.7. The van der Waals surface area contributed by atoms with E-state index >= 15 is 0 Å². The molecule has 0 saturated carbocycles. The summed E-state index contributed by atoms with van der Waals surface area (Å²) in [4.78, 5) is 64.6. The van der Waals surface area contributed by atoms with Crippen LogP contribution in [0.1, 0.15) is 71.6 Å². The lowest BCUT2D eigenvalue weighted by Crippen LogP contribution is -2.56. The lowest BCUT2D eigenvalue weighted by atomic mass is 9.98. The van der Waals surface area contributed by atoms with Gasteiger partial charge in [0.15, 0.2) is 0 Å². The van der Waals surface area contributed by atoms with Gasteiger partial charge in [-0.25, -0.2) is 4.79 Å². The van der Waals surface area contributed by atoms with Gasteiger partial charge in [0.2, 0.25) is 17.7 Å². The van der Waals surface area contributed by atoms with Crippen molar-refractivity contribution in [1.29, 1.82) is 0 Å². The highest BCUT2D eigenvalue weighted by atomic mass is 16.6. The number of amides is 4. The Bertz CT molecular complexity index is 1020. The van der Waals surface area contributed by atoms with E-state index < -0.39 is 59.9 Å². The summed E-state index contributed by atoms with van der Waals surface area (Å²) in [6.45, 7) is 14.0. The van der Waals surface area contributed by atoms with Crippen LogP contribution < -0.4 is 16.4 Å². The molecule has 0 aliphatic heterocycles. The first-order valence-corrected chi connectivity index (χ1v) is 12.5. The zero-order valence-corrected chi connectivity index (χ0v) is 23.0. The van der Waals surface area contributed by atoms with Crippen molar-refractivity contribution in [3.05, 3.63) is 42.0 Å². The first kappa shape index (κ1) is 32.1. The molecule has 1 aromatic carbocycles. The van der Waals surface area contributed by atoms with E-state index in [2.05, 4.69) is 17.2 Å². The van der Waals surface area contributed by atoms with Crippen molar-refractivity contribution < 1.29 is 33.4 Å². The van der Waals surface area contributed by atoms with Gasteiger partial charge < -0.3 is 30.7 Å². The standard InChI is InChI=1S/C27H40N4O7/c1-8-18-11-10-12-19(15-18)23(24(34)29-14-13-22(33)37-9-2)31(17(3)4)25(35)20(16-21(28)32)30-26(36)38-27(5,6)7/h8,10-12,15,17,20,23H,1,9,13-14,16H2,2-7H3,(H2,28,32)(H,29,34)(H,30,36). The second-order valence-corrected chi connectivity index (χ2v) is 9.83. The average Bonchev–Trinajstić information content (AvgIpc) is 2.80. The van der Waals surface area contributed by atoms with Crippen LogP contribution in [0, 0.1) is 0 Å². The Balaban J connectivity index is 3.44. The smallest absolute Gasteiger partial charge is 0.408 e. The quantitative estimate of drug-likeness (QED) is 0.329. The minimum atomic E-state index is -1.39. The Hall–Kier alpha value is -3.89. The van der Waals surface area contributed by atoms with Crippen LogP contribution in [0.15, 0.2) is 30.8 Å². The molecule has 210 valence electrons. The van der Waals surface area contributed by atoms with Crippen LogP contribution in [0.3, 0.4) is 0 Å². The van der Waals surface area contributed by atoms with E-state index in [1.807, 2.05) is 0 Å². The number of nitrogens with one attached hydrogen (secondary N) is 2. The Kier molecular flexibility index (Phi) is 12.5. The van der Waals surface area contributed by atoms with Crippen LogP contribution in [0.5, 0.6) is 0 Å². The van der Waals surface area contributed by atoms with Crippen LogP contribution in [-0.4, -0.2) is 65.5 Å². The van der Waals surface area contributed by atoms with Crippen molar-refractivity contribution in [2.75, 3.05) is 13.2 Å². The molecule has 38 heavy (non-hydrogen) atoms. The molecule has 0 aliphatic carbocycles. The molecule has 2 atom stereocenters. The number of nitrogens with two attached hydrogens (primary N) is 1. The molecule has 0 saturated heterocycles. The largest absolute Gasteiger partial charge is 0.466 e. The van der Waals surface area contributed by atoms with Gasteiger partial charge in [0.1, 0.15) is 17.7 Å². The summed E-state index contributed by atoms with van der Waals surface area (Å²) in [5.74, 6) is -2.57. The van der Waals surface area contributed by atoms with Gasteiger partial charge in [-0.1, -0.05) is 30.9 Å². The number of carbonyl (C=O) groups is 5. The van der Waals surface area contributed by atoms with Crippen LogP contribution in [0.2, 0.25) is 0 Å². The van der Waals surface area contributed by atoms with E-state index in [9.17, 15) is 24.0 Å². The SMILES string of the molecule is C=Cc1cccc(C(C(=O)NCCC(=O)OCC)N(C(=O)C(CC(N)=O)NC(=O)OC(C)(C)C)C(C)C)c1. The molecule has 0 spiro atoms. The summed E-state index contributed by atoms with van der Waals surface area (Å²) in [5, 5.41) is 5.10. The minimum Gasteiger partial charge on any atom is -0.466 e. The Morgan fingerprint density at radius 1 is 1.16 bits per heavy atom. The number of hydrogen-bond acceptors (Lipinski definition) is 7. The lowest BCUT2D eigenvalue weighted by Gasteiger charge is -2.37. The lowest BCUT2D eigenvalue weighted by molar-refractivity contribution is -0.146. The number of rotatable bonds is 13. The van der Waals surface area contributed by atoms with Gasteiger partial charge in [-0.05, 0) is 58.7 Å². The number of primary amides is 1. The predicted molar refractivity (Wildman–Crippen MR) is 142 cm³/mol. The van der Waals surface area contributed by atoms with Gasteiger partial charge in [0.25, 0.3) is 0 Å². The maximum absolute atomic E-state index is 13.8. The van der Waals surface area contributed by atoms with Crippen LogP contribution in [0.4, 0.5) is 4.79 Å². The zero-order chi connectivity index (χ0) is 29.0. The molecule has 4 N–H and O–H groups in total. The molecular formula is C27H40N4O7. The van der Waals surface area contributed by atoms with Crippen LogP contribution in [-0.2, 0) is 28.7 Å². The number of nitrogens with zero attached hydrogens (tertiary/aromatic N) is 1. The highest BCUT2D eigenvalue weighted by Gasteiger charge is 2.38. The molecule has 1 rings (SSSR count). The van der Waals surface area contributed by atoms with Gasteiger partial charge >= 0.3 is 12.1 Å². The van der Waals surface area contributed by atoms with E-state index in [1.54, 1.807) is 71.9 Å². The number of ether oxygens (including phenoxy) is 2. The van der Waals surface area contributed by atoms with Gasteiger partial charge in [0.05, 0.1) is 19.4 Å². The molecule has 0 aromatic heterocycles. The van der Waals surface area contributed by atoms with Crippen molar-refractivity contribution in [2.24, 2.45) is 5.73 Å². The summed E-state index contributed by atoms with van der Waals surface area (Å²) < 4.78 is 10.2. The van der Waals surface area contributed by atoms with Gasteiger partial charge in [-0.3, -0.25) is 19.2 Å². The predicted octanol–water partition coefficient (Wildman–Crippen LogP) is 2.45. The Morgan fingerprint density at radius 3 is 2.34 bits per heavy atom. The highest BCUT2D eigenvalue weighted by Crippen LogP contribution is 2.26. The maximum atomic E-state index is 13.8. The normalized spacial score (nSPS) is 12.6. The number of benzene rings is 1. The Morgan fingerprint density at radius 2 is 1.82 bits per heavy atom. The van der Waals surface area contributed by atoms with E-state index in [0.29, 0.717) is 11.1 Å². The molecule has 2 unspecified atom stereocenters. The minimum absolute atomic E-state index is 0.0175. The second kappa shape index (κ2) is 14.7. The molecule has 0 fully saturated rings. The summed E-state index contributed by atoms with van der Waals surface area (Å²) in [7, 11) is 0. The second-order valence-electron chi connectivity index (χ2n) is 9.83. The topological polar surface area (TPSA) is 157 Å². The fourth-order valence-corrected chi connectivity index (χ4v) is 3.62. The van der Waals surface area contributed by atoms with Crippen LogP contribution >= 0.6 is 0 Å². The van der Waals surface area contributed by atoms with E-state index in [0.717, 1.165) is 0 Å². The zero-order valence-electron chi connectivity index (χ0n) is 23.0. The van der Waals surface area contributed by atoms with Crippen molar-refractivity contribution in [1.82, 2.24) is 15.5 Å². The van der Waals surface area contributed by atoms with Crippen molar-refractivity contribution >= 4 is 35.9 Å². The van der Waals surface area contributed by atoms with E-state index in [-0.39, 0.29) is 19.6 Å². The third-order valence-electron chi connectivity index (χ3n) is 5.13. The molecule has 0 heterocycles. The molecule has 11 nitrogen and oxygen atoms in total. The number of alkyl carbamates (subject to hydrolysis) is 1. The average molecular weight is 533 g/mol. The number of carbonyl (C=O) groups excluding carboxylic acids is 5. The fourth-order valence-electron chi connectivity index (χ4n) is 3.62. The fraction of sp³-hybridized carbons (Fsp3) is 0.519. The van der Waals surface area contributed by atoms with Gasteiger partial charge in [0, 0.05) is 12.6 Å². The molecule has 0 bridgehead atoms. The van der Waals surface area contributed by atoms with Gasteiger partial charge in [-0.2, -0.15) is 0 Å². The van der Waals surface area contributed by atoms with Crippen molar-refractivity contribution in [2.45, 2.75) is 78.1 Å². The molecular weight excluding hydrogens is 492 g/mol. The first-order valence-electron chi connectivity index (χ1n) is 12.5. The van der Waals surface area contributed by atoms with Crippen molar-refractivity contribution in [3.63, 3.8) is 0 Å². The van der Waals surface area contributed by atoms with Crippen molar-refractivity contribution in [3.8, 4) is 0 Å². The summed E-state index contributed by atoms with van der Waals surface area (Å²) in [6, 6.07) is 3.78. The molecule has 0 radical (unpaired) electrons. The number of esters is 1. The van der Waals surface area contributed by atoms with Gasteiger partial charge in [-0.15, -0.1) is 0 Å². The summed E-state index contributed by atoms with van der Waals surface area (Å²) >= 11 is 0. The molecule has 4 amide bonds. The molecule has 0 aliphatic rings.